The van der Waals surface area contributed by atoms with E-state index in [-0.39, 0.29) is 5.91 Å². The van der Waals surface area contributed by atoms with Gasteiger partial charge in [0.05, 0.1) is 35.7 Å². The summed E-state index contributed by atoms with van der Waals surface area (Å²) in [4.78, 5) is 17.9. The van der Waals surface area contributed by atoms with Crippen LogP contribution in [0.1, 0.15) is 54.5 Å². The topological polar surface area (TPSA) is 171 Å². The van der Waals surface area contributed by atoms with E-state index < -0.39 is 0 Å². The second-order valence-electron chi connectivity index (χ2n) is 12.9. The number of anilines is 4. The first-order chi connectivity index (χ1) is 29.7. The standard InChI is InChI=1S/C13H16N2OS.C11H13N3OS.C10H12N4O.C9H9N3S/c1-3-6-13(16)15(2)9-12-14-10-7-4-5-8-11(10)17-12;1-3-15-10-7-5-4-6-9(10)12-11-14-13-8(2)16-11;1-3-15-10-7-5-4-6-9(10)14-8(2)11-12-13-14;1-7-11-12-9(13-7)10-8-5-3-2-4-6-8/h4-5,7-8H,3,6,9H2,1-2H3;4-7H,3H2,1-2H3,(H,12,14);4-7H,3H2,1-2H3;2-6H,1H3,(H,10,12). The van der Waals surface area contributed by atoms with E-state index in [0.717, 1.165) is 71.6 Å². The van der Waals surface area contributed by atoms with Crippen molar-refractivity contribution >= 4 is 71.8 Å². The zero-order chi connectivity index (χ0) is 43.4. The number of carbonyl (C=O) groups excluding carboxylic acids is 1. The van der Waals surface area contributed by atoms with Gasteiger partial charge in [-0.3, -0.25) is 4.79 Å². The van der Waals surface area contributed by atoms with E-state index in [4.69, 9.17) is 9.47 Å². The Morgan fingerprint density at radius 3 is 1.92 bits per heavy atom. The molecule has 0 spiro atoms. The van der Waals surface area contributed by atoms with Crippen LogP contribution in [-0.2, 0) is 11.3 Å². The van der Waals surface area contributed by atoms with Crippen LogP contribution in [0, 0.1) is 20.8 Å². The molecular formula is C43H50N12O3S3. The quantitative estimate of drug-likeness (QED) is 0.112. The SMILES string of the molecule is CCCC(=O)N(C)Cc1nc2ccccc2s1.CCOc1ccccc1-n1nnnc1C.CCOc1ccccc1Nc1nnc(C)s1.Cc1nnc(Nc2ccccc2)s1. The van der Waals surface area contributed by atoms with Crippen molar-refractivity contribution in [2.75, 3.05) is 30.9 Å². The molecule has 0 aliphatic heterocycles. The van der Waals surface area contributed by atoms with Gasteiger partial charge in [0.15, 0.2) is 5.82 Å². The van der Waals surface area contributed by atoms with Gasteiger partial charge in [-0.25, -0.2) is 4.98 Å². The molecule has 0 fully saturated rings. The first-order valence-electron chi connectivity index (χ1n) is 19.6. The van der Waals surface area contributed by atoms with Crippen molar-refractivity contribution in [3.63, 3.8) is 0 Å². The van der Waals surface area contributed by atoms with Crippen LogP contribution in [0.4, 0.5) is 21.6 Å². The van der Waals surface area contributed by atoms with Gasteiger partial charge in [0.25, 0.3) is 0 Å². The van der Waals surface area contributed by atoms with Crippen molar-refractivity contribution in [3.8, 4) is 17.2 Å². The lowest BCUT2D eigenvalue weighted by atomic mass is 10.3. The molecule has 0 aliphatic rings. The van der Waals surface area contributed by atoms with Gasteiger partial charge >= 0.3 is 0 Å². The maximum Gasteiger partial charge on any atom is 0.222 e. The smallest absolute Gasteiger partial charge is 0.222 e. The van der Waals surface area contributed by atoms with Crippen molar-refractivity contribution in [3.05, 3.63) is 124 Å². The van der Waals surface area contributed by atoms with Crippen LogP contribution in [0.15, 0.2) is 103 Å². The molecule has 4 aromatic heterocycles. The monoisotopic (exact) mass is 878 g/mol. The Hall–Kier alpha value is -6.37. The number of aromatic nitrogens is 9. The lowest BCUT2D eigenvalue weighted by molar-refractivity contribution is -0.130. The molecule has 18 heteroatoms. The van der Waals surface area contributed by atoms with Gasteiger partial charge < -0.3 is 25.0 Å². The predicted octanol–water partition coefficient (Wildman–Crippen LogP) is 10.0. The summed E-state index contributed by atoms with van der Waals surface area (Å²) in [5, 5.41) is 38.1. The maximum absolute atomic E-state index is 11.7. The number of rotatable bonds is 13. The van der Waals surface area contributed by atoms with Gasteiger partial charge in [0.2, 0.25) is 16.2 Å². The number of hydrogen-bond donors (Lipinski definition) is 2. The molecule has 0 saturated heterocycles. The van der Waals surface area contributed by atoms with E-state index in [0.29, 0.717) is 26.2 Å². The minimum atomic E-state index is 0.187. The van der Waals surface area contributed by atoms with Crippen molar-refractivity contribution < 1.29 is 14.3 Å². The van der Waals surface area contributed by atoms with Gasteiger partial charge in [-0.05, 0) is 100.0 Å². The molecule has 0 radical (unpaired) electrons. The number of ether oxygens (including phenoxy) is 2. The third-order valence-corrected chi connectivity index (χ3v) is 10.7. The molecule has 4 aromatic carbocycles. The van der Waals surface area contributed by atoms with Gasteiger partial charge in [-0.15, -0.1) is 36.8 Å². The molecule has 0 atom stereocenters. The van der Waals surface area contributed by atoms with Gasteiger partial charge in [0.1, 0.15) is 32.2 Å². The highest BCUT2D eigenvalue weighted by Gasteiger charge is 2.12. The van der Waals surface area contributed by atoms with Crippen LogP contribution >= 0.6 is 34.0 Å². The molecule has 318 valence electrons. The van der Waals surface area contributed by atoms with Crippen LogP contribution in [-0.4, -0.2) is 76.7 Å². The third kappa shape index (κ3) is 14.4. The average Bonchev–Trinajstić information content (AvgIpc) is 4.08. The van der Waals surface area contributed by atoms with Crippen molar-refractivity contribution in [1.29, 1.82) is 0 Å². The molecule has 61 heavy (non-hydrogen) atoms. The van der Waals surface area contributed by atoms with Crippen molar-refractivity contribution in [2.24, 2.45) is 0 Å². The highest BCUT2D eigenvalue weighted by Crippen LogP contribution is 2.29. The fourth-order valence-electron chi connectivity index (χ4n) is 5.35. The Morgan fingerprint density at radius 1 is 0.689 bits per heavy atom. The van der Waals surface area contributed by atoms with Crippen LogP contribution < -0.4 is 20.1 Å². The Kier molecular flexibility index (Phi) is 18.0. The van der Waals surface area contributed by atoms with Crippen molar-refractivity contribution in [1.82, 2.24) is 50.5 Å². The van der Waals surface area contributed by atoms with E-state index in [9.17, 15) is 4.79 Å². The van der Waals surface area contributed by atoms with E-state index in [1.54, 1.807) is 32.3 Å². The number of nitrogens with zero attached hydrogens (tertiary/aromatic N) is 10. The summed E-state index contributed by atoms with van der Waals surface area (Å²) < 4.78 is 13.8. The number of para-hydroxylation sites is 6. The summed E-state index contributed by atoms with van der Waals surface area (Å²) >= 11 is 4.73. The van der Waals surface area contributed by atoms with E-state index in [1.807, 2.05) is 146 Å². The fraction of sp³-hybridized carbons (Fsp3) is 0.279. The Morgan fingerprint density at radius 2 is 1.30 bits per heavy atom. The van der Waals surface area contributed by atoms with E-state index in [1.165, 1.54) is 16.0 Å². The van der Waals surface area contributed by atoms with Crippen molar-refractivity contribution in [2.45, 2.75) is 60.9 Å². The van der Waals surface area contributed by atoms with Gasteiger partial charge in [0, 0.05) is 19.2 Å². The molecular weight excluding hydrogens is 829 g/mol. The molecule has 15 nitrogen and oxygen atoms in total. The minimum Gasteiger partial charge on any atom is -0.492 e. The molecule has 8 aromatic rings. The number of carbonyl (C=O) groups is 1. The molecule has 1 amide bonds. The number of hydrogen-bond acceptors (Lipinski definition) is 16. The summed E-state index contributed by atoms with van der Waals surface area (Å²) in [5.74, 6) is 2.54. The second-order valence-corrected chi connectivity index (χ2v) is 16.4. The number of benzene rings is 4. The van der Waals surface area contributed by atoms with Crippen LogP contribution in [0.2, 0.25) is 0 Å². The predicted molar refractivity (Wildman–Crippen MR) is 246 cm³/mol. The largest absolute Gasteiger partial charge is 0.492 e. The number of fused-ring (bicyclic) bond motifs is 1. The van der Waals surface area contributed by atoms with E-state index in [2.05, 4.69) is 57.6 Å². The Balaban J connectivity index is 0.000000155. The number of thiazole rings is 1. The molecule has 4 heterocycles. The second kappa shape index (κ2) is 24.0. The summed E-state index contributed by atoms with van der Waals surface area (Å²) in [6, 6.07) is 33.5. The highest BCUT2D eigenvalue weighted by atomic mass is 32.1. The number of amides is 1. The number of nitrogens with one attached hydrogen (secondary N) is 2. The molecule has 0 bridgehead atoms. The molecule has 2 N–H and O–H groups in total. The molecule has 0 saturated carbocycles. The van der Waals surface area contributed by atoms with Gasteiger partial charge in [-0.2, -0.15) is 4.68 Å². The average molecular weight is 879 g/mol. The molecule has 8 rings (SSSR count). The minimum absolute atomic E-state index is 0.187. The summed E-state index contributed by atoms with van der Waals surface area (Å²) in [6.45, 7) is 13.5. The number of tetrazole rings is 1. The summed E-state index contributed by atoms with van der Waals surface area (Å²) in [6.07, 6.45) is 1.50. The van der Waals surface area contributed by atoms with E-state index >= 15 is 0 Å². The zero-order valence-corrected chi connectivity index (χ0v) is 37.7. The third-order valence-electron chi connectivity index (χ3n) is 8.12. The summed E-state index contributed by atoms with van der Waals surface area (Å²) in [7, 11) is 1.84. The Labute approximate surface area is 367 Å². The number of aryl methyl sites for hydroxylation is 3. The first kappa shape index (κ1) is 45.7. The maximum atomic E-state index is 11.7. The lowest BCUT2D eigenvalue weighted by Gasteiger charge is -2.14. The fourth-order valence-corrected chi connectivity index (χ4v) is 7.59. The summed E-state index contributed by atoms with van der Waals surface area (Å²) in [5.41, 5.74) is 3.84. The molecule has 0 unspecified atom stereocenters. The Bertz CT molecular complexity index is 2490. The lowest BCUT2D eigenvalue weighted by Crippen LogP contribution is -2.25. The first-order valence-corrected chi connectivity index (χ1v) is 22.1. The highest BCUT2D eigenvalue weighted by molar-refractivity contribution is 7.18. The van der Waals surface area contributed by atoms with Crippen LogP contribution in [0.5, 0.6) is 11.5 Å². The zero-order valence-electron chi connectivity index (χ0n) is 35.3. The van der Waals surface area contributed by atoms with Gasteiger partial charge in [-0.1, -0.05) is 84.2 Å². The normalized spacial score (nSPS) is 10.3. The van der Waals surface area contributed by atoms with Crippen LogP contribution in [0.25, 0.3) is 15.9 Å². The molecule has 0 aliphatic carbocycles. The van der Waals surface area contributed by atoms with Crippen LogP contribution in [0.3, 0.4) is 0 Å².